The highest BCUT2D eigenvalue weighted by atomic mass is 32.1. The minimum Gasteiger partial charge on any atom is -0.206 e. The molecule has 5 rings (SSSR count). The molecule has 0 amide bonds. The van der Waals surface area contributed by atoms with Crippen molar-refractivity contribution < 1.29 is 17.6 Å². The third-order valence-electron chi connectivity index (χ3n) is 4.99. The number of rotatable bonds is 1. The number of thiophene rings is 1. The predicted octanol–water partition coefficient (Wildman–Crippen LogP) is 7.13. The molecule has 0 radical (unpaired) electrons. The summed E-state index contributed by atoms with van der Waals surface area (Å²) in [5, 5.41) is 8.36. The molecule has 0 N–H and O–H groups in total. The summed E-state index contributed by atoms with van der Waals surface area (Å²) in [5.41, 5.74) is -0.707. The van der Waals surface area contributed by atoms with Gasteiger partial charge in [0.05, 0.1) is 16.1 Å². The van der Waals surface area contributed by atoms with Crippen molar-refractivity contribution in [2.24, 2.45) is 0 Å². The second-order valence-electron chi connectivity index (χ2n) is 6.76. The van der Waals surface area contributed by atoms with Crippen molar-refractivity contribution in [2.45, 2.75) is 13.1 Å². The minimum atomic E-state index is -4.67. The predicted molar refractivity (Wildman–Crippen MR) is 108 cm³/mol. The largest absolute Gasteiger partial charge is 0.417 e. The maximum absolute atomic E-state index is 15.6. The second kappa shape index (κ2) is 6.22. The summed E-state index contributed by atoms with van der Waals surface area (Å²) in [6.07, 6.45) is -4.67. The monoisotopic (exact) mass is 412 g/mol. The van der Waals surface area contributed by atoms with Crippen LogP contribution in [0.2, 0.25) is 0 Å². The van der Waals surface area contributed by atoms with Crippen LogP contribution in [-0.2, 0) is 6.18 Å². The highest BCUT2D eigenvalue weighted by molar-refractivity contribution is 7.22. The number of fused-ring (bicyclic) bond motifs is 3. The Morgan fingerprint density at radius 2 is 1.55 bits per heavy atom. The van der Waals surface area contributed by atoms with Gasteiger partial charge in [0.15, 0.2) is 0 Å². The number of hydrogen-bond acceptors (Lipinski definition) is 3. The third-order valence-corrected chi connectivity index (χ3v) is 6.12. The average molecular weight is 412 g/mol. The van der Waals surface area contributed by atoms with Crippen LogP contribution in [0.5, 0.6) is 0 Å². The zero-order valence-electron chi connectivity index (χ0n) is 15.0. The summed E-state index contributed by atoms with van der Waals surface area (Å²) in [4.78, 5) is 0.575. The Hall–Kier alpha value is -3.06. The topological polar surface area (TPSA) is 25.8 Å². The SMILES string of the molecule is Cc1nnc(-c2cc3ccccc3s2)c2c(F)c3ccccc3c(C(F)(F)F)c12. The first-order valence-electron chi connectivity index (χ1n) is 8.79. The number of aryl methyl sites for hydroxylation is 1. The summed E-state index contributed by atoms with van der Waals surface area (Å²) in [6.45, 7) is 1.42. The van der Waals surface area contributed by atoms with Crippen LogP contribution in [-0.4, -0.2) is 10.2 Å². The lowest BCUT2D eigenvalue weighted by Gasteiger charge is -2.17. The maximum Gasteiger partial charge on any atom is 0.417 e. The Labute approximate surface area is 166 Å². The highest BCUT2D eigenvalue weighted by Gasteiger charge is 2.37. The molecule has 0 saturated heterocycles. The van der Waals surface area contributed by atoms with Crippen LogP contribution in [0.1, 0.15) is 11.3 Å². The van der Waals surface area contributed by atoms with Gasteiger partial charge in [-0.25, -0.2) is 4.39 Å². The molecular formula is C22H12F4N2S. The standard InChI is InChI=1S/C22H12F4N2S/c1-11-17-18(20(23)14-8-4-3-7-13(14)19(17)22(24,25)26)21(28-27-11)16-10-12-6-2-5-9-15(12)29-16/h2-10H,1H3. The number of benzene rings is 3. The van der Waals surface area contributed by atoms with E-state index in [1.165, 1.54) is 42.5 Å². The van der Waals surface area contributed by atoms with Gasteiger partial charge in [0, 0.05) is 20.9 Å². The second-order valence-corrected chi connectivity index (χ2v) is 7.85. The van der Waals surface area contributed by atoms with Crippen molar-refractivity contribution in [1.82, 2.24) is 10.2 Å². The van der Waals surface area contributed by atoms with Crippen LogP contribution in [0, 0.1) is 12.7 Å². The van der Waals surface area contributed by atoms with Gasteiger partial charge in [-0.2, -0.15) is 18.3 Å². The summed E-state index contributed by atoms with van der Waals surface area (Å²) in [5.74, 6) is -0.714. The molecule has 3 aromatic carbocycles. The molecular weight excluding hydrogens is 400 g/mol. The van der Waals surface area contributed by atoms with E-state index in [9.17, 15) is 13.2 Å². The van der Waals surface area contributed by atoms with Crippen molar-refractivity contribution >= 4 is 43.0 Å². The lowest BCUT2D eigenvalue weighted by atomic mass is 9.94. The first-order chi connectivity index (χ1) is 13.9. The first kappa shape index (κ1) is 18.0. The molecule has 2 aromatic heterocycles. The molecule has 0 unspecified atom stereocenters. The maximum atomic E-state index is 15.6. The molecule has 0 aliphatic rings. The summed E-state index contributed by atoms with van der Waals surface area (Å²) in [6, 6.07) is 15.0. The van der Waals surface area contributed by atoms with E-state index in [0.29, 0.717) is 4.88 Å². The third kappa shape index (κ3) is 2.68. The van der Waals surface area contributed by atoms with Crippen LogP contribution in [0.25, 0.3) is 42.2 Å². The quantitative estimate of drug-likeness (QED) is 0.216. The summed E-state index contributed by atoms with van der Waals surface area (Å²) in [7, 11) is 0. The molecule has 5 aromatic rings. The lowest BCUT2D eigenvalue weighted by molar-refractivity contribution is -0.135. The van der Waals surface area contributed by atoms with Crippen molar-refractivity contribution in [3.8, 4) is 10.6 Å². The Morgan fingerprint density at radius 1 is 0.862 bits per heavy atom. The van der Waals surface area contributed by atoms with Crippen molar-refractivity contribution in [2.75, 3.05) is 0 Å². The molecule has 0 fully saturated rings. The van der Waals surface area contributed by atoms with E-state index >= 15 is 4.39 Å². The fourth-order valence-electron chi connectivity index (χ4n) is 3.77. The Kier molecular flexibility index (Phi) is 3.86. The van der Waals surface area contributed by atoms with E-state index < -0.39 is 17.6 Å². The molecule has 0 atom stereocenters. The van der Waals surface area contributed by atoms with E-state index in [2.05, 4.69) is 10.2 Å². The van der Waals surface area contributed by atoms with Gasteiger partial charge in [-0.15, -0.1) is 16.4 Å². The molecule has 29 heavy (non-hydrogen) atoms. The minimum absolute atomic E-state index is 0.0434. The molecule has 144 valence electrons. The van der Waals surface area contributed by atoms with Crippen molar-refractivity contribution in [3.05, 3.63) is 71.7 Å². The Morgan fingerprint density at radius 3 is 2.28 bits per heavy atom. The first-order valence-corrected chi connectivity index (χ1v) is 9.61. The normalized spacial score (nSPS) is 12.3. The van der Waals surface area contributed by atoms with Crippen LogP contribution in [0.15, 0.2) is 54.6 Å². The molecule has 2 nitrogen and oxygen atoms in total. The van der Waals surface area contributed by atoms with E-state index in [0.717, 1.165) is 10.1 Å². The van der Waals surface area contributed by atoms with E-state index in [-0.39, 0.29) is 32.9 Å². The smallest absolute Gasteiger partial charge is 0.206 e. The van der Waals surface area contributed by atoms with E-state index in [1.54, 1.807) is 6.07 Å². The van der Waals surface area contributed by atoms with Gasteiger partial charge in [-0.3, -0.25) is 0 Å². The molecule has 0 bridgehead atoms. The number of alkyl halides is 3. The zero-order valence-corrected chi connectivity index (χ0v) is 15.8. The summed E-state index contributed by atoms with van der Waals surface area (Å²) >= 11 is 1.35. The van der Waals surface area contributed by atoms with Gasteiger partial charge in [0.25, 0.3) is 0 Å². The Balaban J connectivity index is 2.00. The van der Waals surface area contributed by atoms with Gasteiger partial charge < -0.3 is 0 Å². The van der Waals surface area contributed by atoms with Crippen LogP contribution in [0.4, 0.5) is 17.6 Å². The molecule has 2 heterocycles. The van der Waals surface area contributed by atoms with Gasteiger partial charge in [-0.05, 0) is 29.8 Å². The van der Waals surface area contributed by atoms with Gasteiger partial charge >= 0.3 is 6.18 Å². The fraction of sp³-hybridized carbons (Fsp3) is 0.0909. The zero-order chi connectivity index (χ0) is 20.3. The molecule has 0 saturated carbocycles. The van der Waals surface area contributed by atoms with Crippen LogP contribution < -0.4 is 0 Å². The van der Waals surface area contributed by atoms with Crippen LogP contribution in [0.3, 0.4) is 0 Å². The van der Waals surface area contributed by atoms with Crippen molar-refractivity contribution in [3.63, 3.8) is 0 Å². The van der Waals surface area contributed by atoms with E-state index in [1.807, 2.05) is 24.3 Å². The fourth-order valence-corrected chi connectivity index (χ4v) is 4.83. The average Bonchev–Trinajstić information content (AvgIpc) is 3.12. The number of aromatic nitrogens is 2. The Bertz CT molecular complexity index is 1390. The highest BCUT2D eigenvalue weighted by Crippen LogP contribution is 2.45. The lowest BCUT2D eigenvalue weighted by Crippen LogP contribution is -2.10. The molecule has 7 heteroatoms. The number of halogens is 4. The van der Waals surface area contributed by atoms with Gasteiger partial charge in [-0.1, -0.05) is 42.5 Å². The number of hydrogen-bond donors (Lipinski definition) is 0. The van der Waals surface area contributed by atoms with Crippen LogP contribution >= 0.6 is 11.3 Å². The summed E-state index contributed by atoms with van der Waals surface area (Å²) < 4.78 is 58.8. The van der Waals surface area contributed by atoms with Crippen molar-refractivity contribution in [1.29, 1.82) is 0 Å². The van der Waals surface area contributed by atoms with Gasteiger partial charge in [0.1, 0.15) is 11.5 Å². The van der Waals surface area contributed by atoms with E-state index in [4.69, 9.17) is 0 Å². The molecule has 0 spiro atoms. The number of nitrogens with zero attached hydrogens (tertiary/aromatic N) is 2. The molecule has 0 aliphatic carbocycles. The molecule has 0 aliphatic heterocycles. The van der Waals surface area contributed by atoms with Gasteiger partial charge in [0.2, 0.25) is 0 Å².